The average Bonchev–Trinajstić information content (AvgIpc) is 2.37. The van der Waals surface area contributed by atoms with E-state index in [2.05, 4.69) is 0 Å². The first-order chi connectivity index (χ1) is 8.91. The van der Waals surface area contributed by atoms with Crippen LogP contribution in [-0.4, -0.2) is 5.78 Å². The van der Waals surface area contributed by atoms with Crippen LogP contribution in [0.4, 0.5) is 14.5 Å². The summed E-state index contributed by atoms with van der Waals surface area (Å²) in [5, 5.41) is 0. The second kappa shape index (κ2) is 4.80. The summed E-state index contributed by atoms with van der Waals surface area (Å²) in [7, 11) is 0. The van der Waals surface area contributed by atoms with Crippen molar-refractivity contribution in [2.24, 2.45) is 0 Å². The van der Waals surface area contributed by atoms with Gasteiger partial charge in [0.05, 0.1) is 11.3 Å². The van der Waals surface area contributed by atoms with Gasteiger partial charge in [0.25, 0.3) is 0 Å². The Morgan fingerprint density at radius 1 is 1.05 bits per heavy atom. The maximum absolute atomic E-state index is 13.8. The van der Waals surface area contributed by atoms with E-state index >= 15 is 0 Å². The van der Waals surface area contributed by atoms with Gasteiger partial charge in [0.2, 0.25) is 0 Å². The average molecular weight is 261 g/mol. The molecule has 0 aliphatic heterocycles. The number of anilines is 1. The zero-order chi connectivity index (χ0) is 14.2. The van der Waals surface area contributed by atoms with Gasteiger partial charge in [-0.15, -0.1) is 0 Å². The number of nitrogens with two attached hydrogens (primary N) is 1. The first-order valence-electron chi connectivity index (χ1n) is 5.77. The topological polar surface area (TPSA) is 43.1 Å². The molecule has 4 heteroatoms. The summed E-state index contributed by atoms with van der Waals surface area (Å²) in [6.45, 7) is 3.73. The summed E-state index contributed by atoms with van der Waals surface area (Å²) in [6.07, 6.45) is 0. The van der Waals surface area contributed by atoms with Crippen molar-refractivity contribution < 1.29 is 13.6 Å². The van der Waals surface area contributed by atoms with Crippen molar-refractivity contribution in [1.82, 2.24) is 0 Å². The molecule has 2 aromatic carbocycles. The van der Waals surface area contributed by atoms with E-state index in [4.69, 9.17) is 5.73 Å². The summed E-state index contributed by atoms with van der Waals surface area (Å²) < 4.78 is 27.4. The molecule has 0 heterocycles. The molecule has 0 saturated carbocycles. The molecule has 0 fully saturated rings. The molecule has 0 aromatic heterocycles. The predicted molar refractivity (Wildman–Crippen MR) is 70.1 cm³/mol. The van der Waals surface area contributed by atoms with Gasteiger partial charge in [-0.25, -0.2) is 8.78 Å². The number of benzene rings is 2. The zero-order valence-corrected chi connectivity index (χ0v) is 10.6. The van der Waals surface area contributed by atoms with Crippen molar-refractivity contribution in [3.05, 3.63) is 64.2 Å². The molecule has 0 aliphatic carbocycles. The van der Waals surface area contributed by atoms with Gasteiger partial charge in [0.15, 0.2) is 11.6 Å². The van der Waals surface area contributed by atoms with E-state index in [1.54, 1.807) is 18.2 Å². The van der Waals surface area contributed by atoms with Crippen LogP contribution in [0.15, 0.2) is 30.3 Å². The number of carbonyl (C=O) groups excluding carboxylic acids is 1. The Morgan fingerprint density at radius 2 is 1.74 bits per heavy atom. The van der Waals surface area contributed by atoms with Crippen molar-refractivity contribution in [2.45, 2.75) is 13.8 Å². The Morgan fingerprint density at radius 3 is 2.37 bits per heavy atom. The maximum Gasteiger partial charge on any atom is 0.199 e. The fourth-order valence-electron chi connectivity index (χ4n) is 1.80. The Hall–Kier alpha value is -2.23. The third-order valence-corrected chi connectivity index (χ3v) is 3.12. The molecule has 2 nitrogen and oxygen atoms in total. The summed E-state index contributed by atoms with van der Waals surface area (Å²) in [5.74, 6) is -2.62. The third-order valence-electron chi connectivity index (χ3n) is 3.12. The Bertz CT molecular complexity index is 665. The Labute approximate surface area is 109 Å². The van der Waals surface area contributed by atoms with Crippen LogP contribution in [0.1, 0.15) is 27.0 Å². The highest BCUT2D eigenvalue weighted by molar-refractivity contribution is 6.09. The number of hydrogen-bond acceptors (Lipinski definition) is 2. The van der Waals surface area contributed by atoms with Gasteiger partial charge in [-0.3, -0.25) is 4.79 Å². The minimum Gasteiger partial charge on any atom is -0.396 e. The lowest BCUT2D eigenvalue weighted by atomic mass is 9.98. The van der Waals surface area contributed by atoms with E-state index in [0.717, 1.165) is 23.3 Å². The molecule has 2 aromatic rings. The van der Waals surface area contributed by atoms with Crippen LogP contribution in [0.25, 0.3) is 0 Å². The number of rotatable bonds is 2. The van der Waals surface area contributed by atoms with E-state index in [1.807, 2.05) is 13.8 Å². The lowest BCUT2D eigenvalue weighted by molar-refractivity contribution is 0.103. The fraction of sp³-hybridized carbons (Fsp3) is 0.133. The number of ketones is 1. The quantitative estimate of drug-likeness (QED) is 0.665. The molecule has 2 N–H and O–H groups in total. The van der Waals surface area contributed by atoms with Crippen LogP contribution in [0.2, 0.25) is 0 Å². The van der Waals surface area contributed by atoms with E-state index in [0.29, 0.717) is 0 Å². The van der Waals surface area contributed by atoms with Gasteiger partial charge in [0, 0.05) is 5.56 Å². The second-order valence-corrected chi connectivity index (χ2v) is 4.45. The van der Waals surface area contributed by atoms with Crippen LogP contribution in [-0.2, 0) is 0 Å². The van der Waals surface area contributed by atoms with Gasteiger partial charge in [-0.1, -0.05) is 12.1 Å². The van der Waals surface area contributed by atoms with E-state index in [9.17, 15) is 13.6 Å². The van der Waals surface area contributed by atoms with Gasteiger partial charge in [-0.05, 0) is 43.2 Å². The highest BCUT2D eigenvalue weighted by Gasteiger charge is 2.21. The van der Waals surface area contributed by atoms with Crippen molar-refractivity contribution in [1.29, 1.82) is 0 Å². The minimum absolute atomic E-state index is 0.242. The third kappa shape index (κ3) is 2.34. The van der Waals surface area contributed by atoms with Gasteiger partial charge in [-0.2, -0.15) is 0 Å². The summed E-state index contributed by atoms with van der Waals surface area (Å²) in [5.41, 5.74) is 6.65. The molecule has 0 amide bonds. The maximum atomic E-state index is 13.8. The first kappa shape index (κ1) is 13.2. The molecule has 0 atom stereocenters. The molecule has 0 aliphatic rings. The van der Waals surface area contributed by atoms with Crippen LogP contribution in [0.3, 0.4) is 0 Å². The lowest BCUT2D eigenvalue weighted by Crippen LogP contribution is -2.10. The smallest absolute Gasteiger partial charge is 0.199 e. The molecule has 0 spiro atoms. The van der Waals surface area contributed by atoms with Crippen molar-refractivity contribution in [2.75, 3.05) is 5.73 Å². The molecule has 98 valence electrons. The Kier molecular flexibility index (Phi) is 3.34. The van der Waals surface area contributed by atoms with Gasteiger partial charge in [0.1, 0.15) is 5.82 Å². The van der Waals surface area contributed by atoms with Crippen LogP contribution in [0.5, 0.6) is 0 Å². The first-order valence-corrected chi connectivity index (χ1v) is 5.77. The van der Waals surface area contributed by atoms with E-state index in [-0.39, 0.29) is 11.3 Å². The number of halogens is 2. The summed E-state index contributed by atoms with van der Waals surface area (Å²) in [4.78, 5) is 12.2. The molecular weight excluding hydrogens is 248 g/mol. The zero-order valence-electron chi connectivity index (χ0n) is 10.6. The molecule has 0 unspecified atom stereocenters. The van der Waals surface area contributed by atoms with Crippen molar-refractivity contribution in [3.63, 3.8) is 0 Å². The molecular formula is C15H13F2NO. The largest absolute Gasteiger partial charge is 0.396 e. The molecule has 19 heavy (non-hydrogen) atoms. The summed E-state index contributed by atoms with van der Waals surface area (Å²) in [6, 6.07) is 6.99. The standard InChI is InChI=1S/C15H13F2NO/c1-8-3-4-10(7-9(8)2)15(19)13-11(16)5-6-12(18)14(13)17/h3-7H,18H2,1-2H3. The highest BCUT2D eigenvalue weighted by atomic mass is 19.1. The predicted octanol–water partition coefficient (Wildman–Crippen LogP) is 3.39. The monoisotopic (exact) mass is 261 g/mol. The normalized spacial score (nSPS) is 10.5. The number of aryl methyl sites for hydroxylation is 2. The lowest BCUT2D eigenvalue weighted by Gasteiger charge is -2.08. The van der Waals surface area contributed by atoms with Crippen molar-refractivity contribution in [3.8, 4) is 0 Å². The minimum atomic E-state index is -1.01. The fourth-order valence-corrected chi connectivity index (χ4v) is 1.80. The van der Waals surface area contributed by atoms with Gasteiger partial charge < -0.3 is 5.73 Å². The molecule has 2 rings (SSSR count). The van der Waals surface area contributed by atoms with E-state index < -0.39 is 23.0 Å². The van der Waals surface area contributed by atoms with Gasteiger partial charge >= 0.3 is 0 Å². The van der Waals surface area contributed by atoms with Crippen LogP contribution in [0, 0.1) is 25.5 Å². The van der Waals surface area contributed by atoms with E-state index in [1.165, 1.54) is 0 Å². The Balaban J connectivity index is 2.56. The number of carbonyl (C=O) groups is 1. The number of nitrogen functional groups attached to an aromatic ring is 1. The summed E-state index contributed by atoms with van der Waals surface area (Å²) >= 11 is 0. The molecule has 0 radical (unpaired) electrons. The van der Waals surface area contributed by atoms with Crippen LogP contribution >= 0.6 is 0 Å². The SMILES string of the molecule is Cc1ccc(C(=O)c2c(F)ccc(N)c2F)cc1C. The second-order valence-electron chi connectivity index (χ2n) is 4.45. The molecule has 0 saturated heterocycles. The highest BCUT2D eigenvalue weighted by Crippen LogP contribution is 2.22. The molecule has 0 bridgehead atoms. The van der Waals surface area contributed by atoms with Crippen LogP contribution < -0.4 is 5.73 Å². The van der Waals surface area contributed by atoms with Crippen molar-refractivity contribution >= 4 is 11.5 Å². The number of hydrogen-bond donors (Lipinski definition) is 1.